The standard InChI is InChI=1S/C21H20N2O3/c1-25-17-9-7-15(8-10-17)14-23-21-18(16-5-3-2-4-6-16)11-12-20(24)26-19(21)13-22-23/h2-10,13,18H,11-12,14H2,1H3. The molecule has 0 fully saturated rings. The van der Waals surface area contributed by atoms with Gasteiger partial charge in [-0.05, 0) is 29.7 Å². The number of aromatic nitrogens is 2. The van der Waals surface area contributed by atoms with Gasteiger partial charge in [0.15, 0.2) is 5.75 Å². The number of fused-ring (bicyclic) bond motifs is 1. The van der Waals surface area contributed by atoms with Gasteiger partial charge in [0, 0.05) is 12.3 Å². The number of benzene rings is 2. The molecule has 1 aliphatic heterocycles. The molecule has 2 heterocycles. The highest BCUT2D eigenvalue weighted by molar-refractivity contribution is 5.74. The fraction of sp³-hybridized carbons (Fsp3) is 0.238. The van der Waals surface area contributed by atoms with Crippen LogP contribution in [-0.2, 0) is 11.3 Å². The third kappa shape index (κ3) is 3.20. The van der Waals surface area contributed by atoms with Crippen molar-refractivity contribution in [1.82, 2.24) is 9.78 Å². The third-order valence-electron chi connectivity index (χ3n) is 4.73. The minimum Gasteiger partial charge on any atom is -0.497 e. The van der Waals surface area contributed by atoms with Crippen LogP contribution in [0.25, 0.3) is 0 Å². The van der Waals surface area contributed by atoms with Crippen LogP contribution in [0.15, 0.2) is 60.8 Å². The molecule has 0 spiro atoms. The molecule has 0 radical (unpaired) electrons. The summed E-state index contributed by atoms with van der Waals surface area (Å²) < 4.78 is 12.7. The van der Waals surface area contributed by atoms with Gasteiger partial charge in [-0.3, -0.25) is 9.48 Å². The molecule has 2 aromatic carbocycles. The molecule has 132 valence electrons. The summed E-state index contributed by atoms with van der Waals surface area (Å²) in [6.45, 7) is 0.611. The fourth-order valence-electron chi connectivity index (χ4n) is 3.42. The molecule has 3 aromatic rings. The number of hydrogen-bond donors (Lipinski definition) is 0. The Balaban J connectivity index is 1.72. The predicted molar refractivity (Wildman–Crippen MR) is 97.5 cm³/mol. The smallest absolute Gasteiger partial charge is 0.311 e. The first-order valence-corrected chi connectivity index (χ1v) is 8.69. The maximum Gasteiger partial charge on any atom is 0.311 e. The van der Waals surface area contributed by atoms with Crippen LogP contribution in [0.2, 0.25) is 0 Å². The molecule has 1 aromatic heterocycles. The Bertz CT molecular complexity index is 901. The van der Waals surface area contributed by atoms with E-state index in [2.05, 4.69) is 17.2 Å². The molecule has 0 saturated heterocycles. The number of hydrogen-bond acceptors (Lipinski definition) is 4. The lowest BCUT2D eigenvalue weighted by atomic mass is 9.91. The van der Waals surface area contributed by atoms with Crippen molar-refractivity contribution in [2.75, 3.05) is 7.11 Å². The highest BCUT2D eigenvalue weighted by atomic mass is 16.5. The highest BCUT2D eigenvalue weighted by Crippen LogP contribution is 2.38. The molecule has 0 bridgehead atoms. The summed E-state index contributed by atoms with van der Waals surface area (Å²) in [7, 11) is 1.65. The first kappa shape index (κ1) is 16.4. The number of rotatable bonds is 4. The SMILES string of the molecule is COc1ccc(Cn2ncc3c2C(c2ccccc2)CCC(=O)O3)cc1. The zero-order valence-electron chi connectivity index (χ0n) is 14.6. The Morgan fingerprint density at radius 3 is 2.65 bits per heavy atom. The van der Waals surface area contributed by atoms with Crippen molar-refractivity contribution in [3.05, 3.63) is 77.6 Å². The maximum atomic E-state index is 12.0. The number of ether oxygens (including phenoxy) is 2. The summed E-state index contributed by atoms with van der Waals surface area (Å²) in [4.78, 5) is 12.0. The van der Waals surface area contributed by atoms with Gasteiger partial charge in [0.1, 0.15) is 5.75 Å². The van der Waals surface area contributed by atoms with Crippen molar-refractivity contribution >= 4 is 5.97 Å². The Morgan fingerprint density at radius 2 is 1.92 bits per heavy atom. The van der Waals surface area contributed by atoms with E-state index in [1.165, 1.54) is 5.56 Å². The van der Waals surface area contributed by atoms with Crippen LogP contribution < -0.4 is 9.47 Å². The van der Waals surface area contributed by atoms with Crippen LogP contribution in [0.4, 0.5) is 0 Å². The quantitative estimate of drug-likeness (QED) is 0.674. The Morgan fingerprint density at radius 1 is 1.15 bits per heavy atom. The summed E-state index contributed by atoms with van der Waals surface area (Å²) in [6, 6.07) is 18.1. The normalized spacial score (nSPS) is 16.5. The second kappa shape index (κ2) is 7.04. The lowest BCUT2D eigenvalue weighted by molar-refractivity contribution is -0.134. The maximum absolute atomic E-state index is 12.0. The minimum atomic E-state index is -0.200. The molecule has 26 heavy (non-hydrogen) atoms. The number of methoxy groups -OCH3 is 1. The molecule has 0 N–H and O–H groups in total. The van der Waals surface area contributed by atoms with Crippen LogP contribution in [0.1, 0.15) is 35.6 Å². The summed E-state index contributed by atoms with van der Waals surface area (Å²) in [6.07, 6.45) is 2.76. The summed E-state index contributed by atoms with van der Waals surface area (Å²) in [5.41, 5.74) is 3.24. The van der Waals surface area contributed by atoms with Gasteiger partial charge in [-0.1, -0.05) is 42.5 Å². The first-order chi connectivity index (χ1) is 12.7. The summed E-state index contributed by atoms with van der Waals surface area (Å²) in [5, 5.41) is 4.50. The van der Waals surface area contributed by atoms with Crippen LogP contribution in [-0.4, -0.2) is 22.9 Å². The molecule has 4 rings (SSSR count). The molecule has 1 unspecified atom stereocenters. The van der Waals surface area contributed by atoms with Crippen molar-refractivity contribution in [3.63, 3.8) is 0 Å². The van der Waals surface area contributed by atoms with Crippen molar-refractivity contribution in [1.29, 1.82) is 0 Å². The lowest BCUT2D eigenvalue weighted by Gasteiger charge is -2.17. The molecule has 0 saturated carbocycles. The second-order valence-electron chi connectivity index (χ2n) is 6.38. The zero-order valence-corrected chi connectivity index (χ0v) is 14.6. The van der Waals surface area contributed by atoms with E-state index in [0.29, 0.717) is 25.1 Å². The van der Waals surface area contributed by atoms with Crippen LogP contribution in [0.5, 0.6) is 11.5 Å². The van der Waals surface area contributed by atoms with E-state index >= 15 is 0 Å². The average molecular weight is 348 g/mol. The van der Waals surface area contributed by atoms with Crippen molar-refractivity contribution < 1.29 is 14.3 Å². The Labute approximate surface area is 152 Å². The van der Waals surface area contributed by atoms with Gasteiger partial charge in [-0.25, -0.2) is 0 Å². The van der Waals surface area contributed by atoms with Gasteiger partial charge < -0.3 is 9.47 Å². The minimum absolute atomic E-state index is 0.0819. The predicted octanol–water partition coefficient (Wildman–Crippen LogP) is 3.77. The molecule has 1 aliphatic rings. The largest absolute Gasteiger partial charge is 0.497 e. The average Bonchev–Trinajstić information content (AvgIpc) is 2.96. The van der Waals surface area contributed by atoms with Gasteiger partial charge in [-0.15, -0.1) is 0 Å². The van der Waals surface area contributed by atoms with E-state index in [4.69, 9.17) is 9.47 Å². The monoisotopic (exact) mass is 348 g/mol. The molecule has 1 atom stereocenters. The van der Waals surface area contributed by atoms with E-state index in [-0.39, 0.29) is 11.9 Å². The van der Waals surface area contributed by atoms with Gasteiger partial charge in [0.05, 0.1) is 25.5 Å². The van der Waals surface area contributed by atoms with Gasteiger partial charge in [0.2, 0.25) is 0 Å². The second-order valence-corrected chi connectivity index (χ2v) is 6.38. The molecular formula is C21H20N2O3. The highest BCUT2D eigenvalue weighted by Gasteiger charge is 2.29. The zero-order chi connectivity index (χ0) is 17.9. The van der Waals surface area contributed by atoms with E-state index in [1.807, 2.05) is 47.1 Å². The number of nitrogens with zero attached hydrogens (tertiary/aromatic N) is 2. The van der Waals surface area contributed by atoms with Crippen LogP contribution >= 0.6 is 0 Å². The molecule has 5 heteroatoms. The first-order valence-electron chi connectivity index (χ1n) is 8.69. The van der Waals surface area contributed by atoms with Gasteiger partial charge in [0.25, 0.3) is 0 Å². The van der Waals surface area contributed by atoms with E-state index in [0.717, 1.165) is 17.0 Å². The van der Waals surface area contributed by atoms with Crippen LogP contribution in [0, 0.1) is 0 Å². The lowest BCUT2D eigenvalue weighted by Crippen LogP contribution is -2.11. The molecular weight excluding hydrogens is 328 g/mol. The Kier molecular flexibility index (Phi) is 4.44. The van der Waals surface area contributed by atoms with Crippen molar-refractivity contribution in [3.8, 4) is 11.5 Å². The Hall–Kier alpha value is -3.08. The number of esters is 1. The topological polar surface area (TPSA) is 53.4 Å². The molecule has 0 amide bonds. The van der Waals surface area contributed by atoms with Gasteiger partial charge >= 0.3 is 5.97 Å². The summed E-state index contributed by atoms with van der Waals surface area (Å²) >= 11 is 0. The van der Waals surface area contributed by atoms with E-state index < -0.39 is 0 Å². The molecule has 5 nitrogen and oxygen atoms in total. The number of carbonyl (C=O) groups excluding carboxylic acids is 1. The summed E-state index contributed by atoms with van der Waals surface area (Å²) in [5.74, 6) is 1.27. The number of carbonyl (C=O) groups is 1. The van der Waals surface area contributed by atoms with E-state index in [9.17, 15) is 4.79 Å². The third-order valence-corrected chi connectivity index (χ3v) is 4.73. The van der Waals surface area contributed by atoms with Gasteiger partial charge in [-0.2, -0.15) is 5.10 Å². The van der Waals surface area contributed by atoms with Crippen molar-refractivity contribution in [2.45, 2.75) is 25.3 Å². The van der Waals surface area contributed by atoms with Crippen molar-refractivity contribution in [2.24, 2.45) is 0 Å². The molecule has 0 aliphatic carbocycles. The fourth-order valence-corrected chi connectivity index (χ4v) is 3.42. The van der Waals surface area contributed by atoms with Crippen LogP contribution in [0.3, 0.4) is 0 Å². The van der Waals surface area contributed by atoms with E-state index in [1.54, 1.807) is 13.3 Å².